The van der Waals surface area contributed by atoms with Crippen molar-refractivity contribution in [1.82, 2.24) is 15.1 Å². The molecule has 0 saturated heterocycles. The summed E-state index contributed by atoms with van der Waals surface area (Å²) in [6, 6.07) is 8.27. The van der Waals surface area contributed by atoms with Gasteiger partial charge in [-0.3, -0.25) is 9.89 Å². The molecule has 3 rings (SSSR count). The van der Waals surface area contributed by atoms with Crippen LogP contribution in [-0.4, -0.2) is 27.5 Å². The van der Waals surface area contributed by atoms with Gasteiger partial charge in [0.15, 0.2) is 5.69 Å². The summed E-state index contributed by atoms with van der Waals surface area (Å²) in [4.78, 5) is 14.4. The number of H-pyrrole nitrogens is 1. The van der Waals surface area contributed by atoms with E-state index in [2.05, 4.69) is 5.10 Å². The van der Waals surface area contributed by atoms with Gasteiger partial charge in [-0.1, -0.05) is 30.7 Å². The van der Waals surface area contributed by atoms with Gasteiger partial charge in [0.25, 0.3) is 5.91 Å². The van der Waals surface area contributed by atoms with Gasteiger partial charge in [-0.25, -0.2) is 0 Å². The Labute approximate surface area is 149 Å². The first-order valence-electron chi connectivity index (χ1n) is 8.57. The predicted octanol–water partition coefficient (Wildman–Crippen LogP) is 3.33. The molecule has 1 heterocycles. The van der Waals surface area contributed by atoms with Crippen LogP contribution < -0.4 is 5.73 Å². The van der Waals surface area contributed by atoms with Gasteiger partial charge in [0, 0.05) is 25.7 Å². The van der Waals surface area contributed by atoms with Crippen molar-refractivity contribution >= 4 is 5.91 Å². The Hall–Kier alpha value is -2.35. The molecule has 0 atom stereocenters. The number of halogens is 3. The van der Waals surface area contributed by atoms with Crippen LogP contribution in [0.15, 0.2) is 30.3 Å². The van der Waals surface area contributed by atoms with Crippen LogP contribution in [0, 0.1) is 5.92 Å². The fourth-order valence-corrected chi connectivity index (χ4v) is 3.06. The molecule has 1 aromatic carbocycles. The third-order valence-electron chi connectivity index (χ3n) is 4.79. The van der Waals surface area contributed by atoms with Crippen LogP contribution in [0.5, 0.6) is 0 Å². The van der Waals surface area contributed by atoms with Crippen LogP contribution in [-0.2, 0) is 19.3 Å². The summed E-state index contributed by atoms with van der Waals surface area (Å²) < 4.78 is 38.3. The van der Waals surface area contributed by atoms with Crippen molar-refractivity contribution in [2.24, 2.45) is 11.7 Å². The summed E-state index contributed by atoms with van der Waals surface area (Å²) in [5.41, 5.74) is 6.33. The predicted molar refractivity (Wildman–Crippen MR) is 90.0 cm³/mol. The minimum atomic E-state index is -4.56. The molecular weight excluding hydrogens is 345 g/mol. The number of nitrogens with zero attached hydrogens (tertiary/aromatic N) is 2. The molecule has 0 bridgehead atoms. The van der Waals surface area contributed by atoms with Crippen LogP contribution >= 0.6 is 0 Å². The lowest BCUT2D eigenvalue weighted by atomic mass is 9.85. The standard InChI is InChI=1S/C18H21F3N4O/c19-18(20,21)16-8-15(23-24-16)17(26)25(10-12-4-3-5-12)11-14-7-2-1-6-13(14)9-22/h1-2,6-8,12H,3-5,9-11,22H2,(H,23,24). The summed E-state index contributed by atoms with van der Waals surface area (Å²) in [7, 11) is 0. The Morgan fingerprint density at radius 3 is 2.50 bits per heavy atom. The highest BCUT2D eigenvalue weighted by Gasteiger charge is 2.35. The monoisotopic (exact) mass is 366 g/mol. The SMILES string of the molecule is NCc1ccccc1CN(CC1CCC1)C(=O)c1cc(C(F)(F)F)[nH]n1. The van der Waals surface area contributed by atoms with Crippen LogP contribution in [0.2, 0.25) is 0 Å². The first kappa shape index (κ1) is 18.4. The van der Waals surface area contributed by atoms with Gasteiger partial charge in [-0.15, -0.1) is 0 Å². The van der Waals surface area contributed by atoms with Gasteiger partial charge < -0.3 is 10.6 Å². The smallest absolute Gasteiger partial charge is 0.333 e. The molecule has 3 N–H and O–H groups in total. The molecule has 1 saturated carbocycles. The minimum absolute atomic E-state index is 0.220. The van der Waals surface area contributed by atoms with Crippen molar-refractivity contribution in [2.45, 2.75) is 38.5 Å². The van der Waals surface area contributed by atoms with Crippen molar-refractivity contribution in [1.29, 1.82) is 0 Å². The van der Waals surface area contributed by atoms with Crippen molar-refractivity contribution in [2.75, 3.05) is 6.54 Å². The highest BCUT2D eigenvalue weighted by molar-refractivity contribution is 5.92. The lowest BCUT2D eigenvalue weighted by molar-refractivity contribution is -0.141. The molecule has 0 spiro atoms. The number of carbonyl (C=O) groups is 1. The number of nitrogens with one attached hydrogen (secondary N) is 1. The number of rotatable bonds is 6. The molecule has 26 heavy (non-hydrogen) atoms. The van der Waals surface area contributed by atoms with Crippen molar-refractivity contribution in [3.8, 4) is 0 Å². The van der Waals surface area contributed by atoms with E-state index in [-0.39, 0.29) is 5.69 Å². The number of aromatic amines is 1. The van der Waals surface area contributed by atoms with Gasteiger partial charge in [0.05, 0.1) is 0 Å². The van der Waals surface area contributed by atoms with E-state index >= 15 is 0 Å². The largest absolute Gasteiger partial charge is 0.432 e. The molecule has 1 aromatic heterocycles. The van der Waals surface area contributed by atoms with Crippen LogP contribution in [0.1, 0.15) is 46.6 Å². The fraction of sp³-hybridized carbons (Fsp3) is 0.444. The van der Waals surface area contributed by atoms with Crippen molar-refractivity contribution in [3.63, 3.8) is 0 Å². The van der Waals surface area contributed by atoms with Crippen LogP contribution in [0.3, 0.4) is 0 Å². The van der Waals surface area contributed by atoms with E-state index in [4.69, 9.17) is 5.73 Å². The average Bonchev–Trinajstić information content (AvgIpc) is 3.07. The zero-order chi connectivity index (χ0) is 18.7. The molecule has 1 fully saturated rings. The maximum Gasteiger partial charge on any atom is 0.432 e. The molecule has 0 unspecified atom stereocenters. The fourth-order valence-electron chi connectivity index (χ4n) is 3.06. The van der Waals surface area contributed by atoms with Crippen LogP contribution in [0.25, 0.3) is 0 Å². The van der Waals surface area contributed by atoms with Crippen LogP contribution in [0.4, 0.5) is 13.2 Å². The summed E-state index contributed by atoms with van der Waals surface area (Å²) in [5.74, 6) is -0.125. The van der Waals surface area contributed by atoms with Gasteiger partial charge in [-0.05, 0) is 29.9 Å². The Bertz CT molecular complexity index is 768. The second-order valence-corrected chi connectivity index (χ2v) is 6.62. The summed E-state index contributed by atoms with van der Waals surface area (Å²) in [6.45, 7) is 1.14. The maximum atomic E-state index is 12.8. The van der Waals surface area contributed by atoms with E-state index < -0.39 is 17.8 Å². The highest BCUT2D eigenvalue weighted by Crippen LogP contribution is 2.30. The molecule has 1 aliphatic rings. The number of hydrogen-bond acceptors (Lipinski definition) is 3. The number of aromatic nitrogens is 2. The molecule has 1 aliphatic carbocycles. The second kappa shape index (κ2) is 7.49. The third-order valence-corrected chi connectivity index (χ3v) is 4.79. The molecule has 5 nitrogen and oxygen atoms in total. The van der Waals surface area contributed by atoms with E-state index in [0.717, 1.165) is 36.5 Å². The molecular formula is C18H21F3N4O. The second-order valence-electron chi connectivity index (χ2n) is 6.62. The molecule has 0 aliphatic heterocycles. The maximum absolute atomic E-state index is 12.8. The number of nitrogens with two attached hydrogens (primary N) is 1. The van der Waals surface area contributed by atoms with E-state index in [9.17, 15) is 18.0 Å². The lowest BCUT2D eigenvalue weighted by Gasteiger charge is -2.32. The lowest BCUT2D eigenvalue weighted by Crippen LogP contribution is -2.37. The number of hydrogen-bond donors (Lipinski definition) is 2. The number of carbonyl (C=O) groups excluding carboxylic acids is 1. The zero-order valence-corrected chi connectivity index (χ0v) is 14.2. The first-order chi connectivity index (χ1) is 12.4. The van der Waals surface area contributed by atoms with Gasteiger partial charge in [0.1, 0.15) is 5.69 Å². The van der Waals surface area contributed by atoms with Gasteiger partial charge in [0.2, 0.25) is 0 Å². The topological polar surface area (TPSA) is 75.0 Å². The molecule has 8 heteroatoms. The summed E-state index contributed by atoms with van der Waals surface area (Å²) in [5, 5.41) is 5.48. The minimum Gasteiger partial charge on any atom is -0.333 e. The number of alkyl halides is 3. The number of amides is 1. The van der Waals surface area contributed by atoms with Gasteiger partial charge in [-0.2, -0.15) is 18.3 Å². The Balaban J connectivity index is 1.83. The van der Waals surface area contributed by atoms with E-state index in [0.29, 0.717) is 25.6 Å². The van der Waals surface area contributed by atoms with E-state index in [1.807, 2.05) is 29.4 Å². The Morgan fingerprint density at radius 1 is 1.27 bits per heavy atom. The summed E-state index contributed by atoms with van der Waals surface area (Å²) in [6.07, 6.45) is -1.39. The molecule has 140 valence electrons. The van der Waals surface area contributed by atoms with E-state index in [1.165, 1.54) is 0 Å². The summed E-state index contributed by atoms with van der Waals surface area (Å²) >= 11 is 0. The molecule has 2 aromatic rings. The van der Waals surface area contributed by atoms with Gasteiger partial charge >= 0.3 is 6.18 Å². The Morgan fingerprint density at radius 2 is 1.96 bits per heavy atom. The normalized spacial score (nSPS) is 14.9. The molecule has 0 radical (unpaired) electrons. The van der Waals surface area contributed by atoms with Crippen molar-refractivity contribution < 1.29 is 18.0 Å². The quantitative estimate of drug-likeness (QED) is 0.823. The average molecular weight is 366 g/mol. The number of benzene rings is 1. The Kier molecular flexibility index (Phi) is 5.31. The first-order valence-corrected chi connectivity index (χ1v) is 8.57. The zero-order valence-electron chi connectivity index (χ0n) is 14.2. The van der Waals surface area contributed by atoms with Crippen molar-refractivity contribution in [3.05, 3.63) is 52.8 Å². The third kappa shape index (κ3) is 4.07. The highest BCUT2D eigenvalue weighted by atomic mass is 19.4. The van der Waals surface area contributed by atoms with E-state index in [1.54, 1.807) is 4.90 Å². The molecule has 1 amide bonds.